The van der Waals surface area contributed by atoms with Gasteiger partial charge in [-0.1, -0.05) is 127 Å². The molecule has 0 spiro atoms. The molecule has 3 heterocycles. The Labute approximate surface area is 312 Å². The maximum atomic E-state index is 6.66. The number of furan rings is 1. The van der Waals surface area contributed by atoms with Gasteiger partial charge in [-0.2, -0.15) is 0 Å². The third kappa shape index (κ3) is 3.55. The lowest BCUT2D eigenvalue weighted by Crippen LogP contribution is -2.26. The fourth-order valence-electron chi connectivity index (χ4n) is 11.4. The maximum absolute atomic E-state index is 6.66. The molecule has 3 heteroatoms. The SMILES string of the molecule is c1ccc(C2NC(c3ccccc3)N3C(c4cc(-c5ccc6c7c5-c5cccc8oc9ccc%10ccc(c-7c%10c9c58)C5CC65)cc5ccccc45)C23)cc1. The second-order valence-electron chi connectivity index (χ2n) is 16.3. The number of benzene rings is 8. The highest BCUT2D eigenvalue weighted by Crippen LogP contribution is 2.67. The van der Waals surface area contributed by atoms with Crippen molar-refractivity contribution in [3.05, 3.63) is 179 Å². The van der Waals surface area contributed by atoms with Crippen molar-refractivity contribution in [1.29, 1.82) is 0 Å². The van der Waals surface area contributed by atoms with Gasteiger partial charge in [0.15, 0.2) is 0 Å². The molecular formula is C51H34N2O. The van der Waals surface area contributed by atoms with E-state index in [1.807, 2.05) is 0 Å². The molecule has 0 radical (unpaired) electrons. The van der Waals surface area contributed by atoms with Crippen LogP contribution >= 0.6 is 0 Å². The maximum Gasteiger partial charge on any atom is 0.136 e. The van der Waals surface area contributed by atoms with Crippen molar-refractivity contribution in [2.24, 2.45) is 0 Å². The number of rotatable bonds is 4. The fraction of sp³-hybridized carbons (Fsp3) is 0.137. The standard InChI is InChI=1S/C51H34N2O/c1-3-10-28(11-4-1)48-50-49(53(50)51(52-48)29-12-5-2-6-13-29)39-25-31(24-30-14-7-8-15-32(30)39)33-21-22-35-38-26-37(38)34-20-18-27-19-23-41-47-42(27)45(34)46(35)43(33)36-16-9-17-40(54-41)44(36)47/h1-25,37-38,48-52H,26H2. The molecule has 1 saturated carbocycles. The largest absolute Gasteiger partial charge is 0.456 e. The summed E-state index contributed by atoms with van der Waals surface area (Å²) in [4.78, 5) is 2.72. The predicted molar refractivity (Wildman–Crippen MR) is 219 cm³/mol. The smallest absolute Gasteiger partial charge is 0.136 e. The Kier molecular flexibility index (Phi) is 5.25. The van der Waals surface area contributed by atoms with Crippen LogP contribution in [0.15, 0.2) is 156 Å². The van der Waals surface area contributed by atoms with Crippen molar-refractivity contribution in [3.8, 4) is 33.4 Å². The molecule has 0 bridgehead atoms. The Bertz CT molecular complexity index is 3060. The molecule has 54 heavy (non-hydrogen) atoms. The number of hydrogen-bond acceptors (Lipinski definition) is 3. The van der Waals surface area contributed by atoms with Gasteiger partial charge in [0, 0.05) is 16.2 Å². The summed E-state index contributed by atoms with van der Waals surface area (Å²) in [5.41, 5.74) is 17.3. The fourth-order valence-corrected chi connectivity index (χ4v) is 11.4. The molecule has 7 atom stereocenters. The summed E-state index contributed by atoms with van der Waals surface area (Å²) in [5.74, 6) is 1.20. The third-order valence-electron chi connectivity index (χ3n) is 13.7. The van der Waals surface area contributed by atoms with Crippen LogP contribution in [0.5, 0.6) is 0 Å². The molecule has 5 aliphatic rings. The van der Waals surface area contributed by atoms with Gasteiger partial charge in [0.2, 0.25) is 0 Å². The first-order valence-electron chi connectivity index (χ1n) is 19.5. The molecule has 1 aromatic heterocycles. The van der Waals surface area contributed by atoms with Crippen molar-refractivity contribution in [2.75, 3.05) is 0 Å². The summed E-state index contributed by atoms with van der Waals surface area (Å²) in [5, 5.41) is 11.9. The number of nitrogens with zero attached hydrogens (tertiary/aromatic N) is 1. The van der Waals surface area contributed by atoms with Crippen molar-refractivity contribution < 1.29 is 4.42 Å². The van der Waals surface area contributed by atoms with E-state index >= 15 is 0 Å². The van der Waals surface area contributed by atoms with Gasteiger partial charge in [0.25, 0.3) is 0 Å². The summed E-state index contributed by atoms with van der Waals surface area (Å²) < 4.78 is 6.66. The van der Waals surface area contributed by atoms with Gasteiger partial charge >= 0.3 is 0 Å². The molecule has 9 aromatic rings. The van der Waals surface area contributed by atoms with E-state index in [4.69, 9.17) is 4.42 Å². The minimum atomic E-state index is 0.146. The monoisotopic (exact) mass is 690 g/mol. The van der Waals surface area contributed by atoms with Gasteiger partial charge < -0.3 is 4.42 Å². The van der Waals surface area contributed by atoms with Crippen LogP contribution in [0.3, 0.4) is 0 Å². The Hall–Kier alpha value is -6.00. The Morgan fingerprint density at radius 1 is 0.519 bits per heavy atom. The molecule has 254 valence electrons. The molecule has 2 saturated heterocycles. The zero-order valence-corrected chi connectivity index (χ0v) is 29.5. The van der Waals surface area contributed by atoms with E-state index in [1.54, 1.807) is 0 Å². The van der Waals surface area contributed by atoms with E-state index in [-0.39, 0.29) is 18.2 Å². The van der Waals surface area contributed by atoms with Gasteiger partial charge in [0.1, 0.15) is 11.2 Å². The number of hydrogen-bond donors (Lipinski definition) is 1. The van der Waals surface area contributed by atoms with E-state index in [1.165, 1.54) is 99.9 Å². The van der Waals surface area contributed by atoms with Crippen LogP contribution in [0.2, 0.25) is 0 Å². The van der Waals surface area contributed by atoms with Crippen LogP contribution < -0.4 is 5.32 Å². The van der Waals surface area contributed by atoms with Gasteiger partial charge in [-0.15, -0.1) is 0 Å². The first-order valence-corrected chi connectivity index (χ1v) is 19.5. The minimum absolute atomic E-state index is 0.146. The molecule has 3 aliphatic carbocycles. The topological polar surface area (TPSA) is 28.2 Å². The molecule has 0 amide bonds. The lowest BCUT2D eigenvalue weighted by molar-refractivity contribution is 0.358. The zero-order chi connectivity index (χ0) is 34.8. The highest BCUT2D eigenvalue weighted by Gasteiger charge is 2.62. The van der Waals surface area contributed by atoms with E-state index in [0.717, 1.165) is 11.2 Å². The van der Waals surface area contributed by atoms with Crippen molar-refractivity contribution in [1.82, 2.24) is 10.2 Å². The van der Waals surface area contributed by atoms with Crippen LogP contribution in [0.1, 0.15) is 64.3 Å². The van der Waals surface area contributed by atoms with Gasteiger partial charge in [0.05, 0.1) is 24.3 Å². The summed E-state index contributed by atoms with van der Waals surface area (Å²) in [6.07, 6.45) is 1.38. The van der Waals surface area contributed by atoms with Crippen LogP contribution in [-0.2, 0) is 0 Å². The third-order valence-corrected chi connectivity index (χ3v) is 13.7. The van der Waals surface area contributed by atoms with Gasteiger partial charge in [-0.3, -0.25) is 10.2 Å². The highest BCUT2D eigenvalue weighted by molar-refractivity contribution is 6.30. The van der Waals surface area contributed by atoms with Crippen LogP contribution in [0.25, 0.3) is 76.9 Å². The quantitative estimate of drug-likeness (QED) is 0.186. The molecule has 14 rings (SSSR count). The van der Waals surface area contributed by atoms with Crippen molar-refractivity contribution in [3.63, 3.8) is 0 Å². The average molecular weight is 691 g/mol. The Balaban J connectivity index is 1.03. The Morgan fingerprint density at radius 3 is 2.13 bits per heavy atom. The van der Waals surface area contributed by atoms with Crippen LogP contribution in [0.4, 0.5) is 0 Å². The first-order chi connectivity index (χ1) is 26.8. The molecule has 2 aliphatic heterocycles. The molecule has 3 nitrogen and oxygen atoms in total. The summed E-state index contributed by atoms with van der Waals surface area (Å²) in [7, 11) is 0. The lowest BCUT2D eigenvalue weighted by Gasteiger charge is -2.26. The predicted octanol–water partition coefficient (Wildman–Crippen LogP) is 12.6. The van der Waals surface area contributed by atoms with Crippen molar-refractivity contribution >= 4 is 43.5 Å². The molecule has 8 aromatic carbocycles. The molecule has 1 N–H and O–H groups in total. The van der Waals surface area contributed by atoms with E-state index in [0.29, 0.717) is 17.9 Å². The van der Waals surface area contributed by atoms with Crippen LogP contribution in [-0.4, -0.2) is 10.9 Å². The van der Waals surface area contributed by atoms with E-state index < -0.39 is 0 Å². The molecular weight excluding hydrogens is 657 g/mol. The number of fused-ring (bicyclic) bond motifs is 6. The van der Waals surface area contributed by atoms with E-state index in [2.05, 4.69) is 162 Å². The minimum Gasteiger partial charge on any atom is -0.456 e. The van der Waals surface area contributed by atoms with E-state index in [9.17, 15) is 0 Å². The van der Waals surface area contributed by atoms with Gasteiger partial charge in [-0.05, 0) is 120 Å². The number of nitrogens with one attached hydrogen (secondary N) is 1. The second-order valence-corrected chi connectivity index (χ2v) is 16.3. The summed E-state index contributed by atoms with van der Waals surface area (Å²) >= 11 is 0. The summed E-state index contributed by atoms with van der Waals surface area (Å²) in [6, 6.07) is 58.0. The first kappa shape index (κ1) is 28.5. The molecule has 3 fully saturated rings. The zero-order valence-electron chi connectivity index (χ0n) is 29.5. The summed E-state index contributed by atoms with van der Waals surface area (Å²) in [6.45, 7) is 0. The second kappa shape index (κ2) is 9.95. The molecule has 7 unspecified atom stereocenters. The van der Waals surface area contributed by atoms with Crippen molar-refractivity contribution in [2.45, 2.75) is 42.5 Å². The average Bonchev–Trinajstić information content (AvgIpc) is 4.12. The lowest BCUT2D eigenvalue weighted by atomic mass is 9.77. The normalized spacial score (nSPS) is 25.1. The highest BCUT2D eigenvalue weighted by atomic mass is 16.3. The van der Waals surface area contributed by atoms with Crippen LogP contribution in [0, 0.1) is 0 Å². The Morgan fingerprint density at radius 2 is 1.26 bits per heavy atom. The van der Waals surface area contributed by atoms with Gasteiger partial charge in [-0.25, -0.2) is 0 Å².